The summed E-state index contributed by atoms with van der Waals surface area (Å²) >= 11 is 1.99. The van der Waals surface area contributed by atoms with Crippen molar-refractivity contribution >= 4 is 60.6 Å². The Hall–Kier alpha value is -0.516. The summed E-state index contributed by atoms with van der Waals surface area (Å²) in [5.74, 6) is 0.874. The molecule has 1 aliphatic heterocycles. The Kier molecular flexibility index (Phi) is 4.92. The average molecular weight is 666 g/mol. The molecule has 0 N–H and O–H groups in total. The Morgan fingerprint density at radius 1 is 1.29 bits per heavy atom. The molecule has 6 radical (unpaired) electrons. The van der Waals surface area contributed by atoms with Crippen LogP contribution in [0.25, 0.3) is 0 Å². The molecule has 1 aliphatic rings. The zero-order valence-electron chi connectivity index (χ0n) is 11.6. The molecule has 6 heteroatoms. The second-order valence-electron chi connectivity index (χ2n) is 4.71. The number of hydrogen-bond donors (Lipinski definition) is 0. The normalized spacial score (nSPS) is 17.2. The van der Waals surface area contributed by atoms with Gasteiger partial charge in [0.15, 0.2) is 0 Å². The van der Waals surface area contributed by atoms with Gasteiger partial charge in [0.2, 0.25) is 0 Å². The molecule has 0 fully saturated rings. The fourth-order valence-corrected chi connectivity index (χ4v) is 7.29. The van der Waals surface area contributed by atoms with Gasteiger partial charge in [-0.2, -0.15) is 0 Å². The monoisotopic (exact) mass is 667 g/mol. The van der Waals surface area contributed by atoms with Crippen LogP contribution in [0.15, 0.2) is 47.6 Å². The molecule has 2 aromatic rings. The molecule has 21 heavy (non-hydrogen) atoms. The van der Waals surface area contributed by atoms with Gasteiger partial charge in [0.25, 0.3) is 0 Å². The first-order valence-electron chi connectivity index (χ1n) is 6.55. The van der Waals surface area contributed by atoms with Crippen LogP contribution in [-0.2, 0) is 6.54 Å². The van der Waals surface area contributed by atoms with Gasteiger partial charge >= 0.3 is 157 Å². The molecule has 0 saturated heterocycles. The minimum absolute atomic E-state index is 0.443. The first-order chi connectivity index (χ1) is 10.2. The summed E-state index contributed by atoms with van der Waals surface area (Å²) in [6, 6.07) is 12.3. The maximum atomic E-state index is 5.30. The van der Waals surface area contributed by atoms with Gasteiger partial charge in [-0.15, -0.1) is 0 Å². The summed E-state index contributed by atoms with van der Waals surface area (Å²) in [7, 11) is 1.70. The fraction of sp³-hybridized carbons (Fsp3) is 0.200. The Morgan fingerprint density at radius 2 is 2.14 bits per heavy atom. The predicted molar refractivity (Wildman–Crippen MR) is 84.1 cm³/mol. The van der Waals surface area contributed by atoms with Gasteiger partial charge in [-0.1, -0.05) is 0 Å². The molecule has 2 heterocycles. The maximum absolute atomic E-state index is 5.30. The zero-order chi connectivity index (χ0) is 14.8. The predicted octanol–water partition coefficient (Wildman–Crippen LogP) is 1.93. The summed E-state index contributed by atoms with van der Waals surface area (Å²) < 4.78 is 6.93. The molecule has 0 aliphatic carbocycles. The first kappa shape index (κ1) is 15.4. The van der Waals surface area contributed by atoms with E-state index in [0.717, 1.165) is 75.2 Å². The number of benzene rings is 1. The summed E-state index contributed by atoms with van der Waals surface area (Å²) in [4.78, 5) is 11.6. The van der Waals surface area contributed by atoms with Crippen LogP contribution in [0.4, 0.5) is 5.69 Å². The molecule has 0 bridgehead atoms. The van der Waals surface area contributed by atoms with E-state index in [1.165, 1.54) is 8.96 Å². The third-order valence-electron chi connectivity index (χ3n) is 3.40. The van der Waals surface area contributed by atoms with Gasteiger partial charge in [-0.05, 0) is 0 Å². The number of pyridine rings is 1. The Morgan fingerprint density at radius 3 is 2.86 bits per heavy atom. The number of rotatable bonds is 3. The van der Waals surface area contributed by atoms with E-state index in [9.17, 15) is 0 Å². The van der Waals surface area contributed by atoms with Crippen molar-refractivity contribution in [3.05, 3.63) is 53.9 Å². The fourth-order valence-electron chi connectivity index (χ4n) is 2.28. The topological polar surface area (TPSA) is 37.7 Å². The number of hydrogen-bond acceptors (Lipinski definition) is 4. The second-order valence-corrected chi connectivity index (χ2v) is 8.58. The van der Waals surface area contributed by atoms with E-state index in [0.29, 0.717) is 3.60 Å². The minimum atomic E-state index is 0.443. The summed E-state index contributed by atoms with van der Waals surface area (Å²) in [5.41, 5.74) is 3.47. The van der Waals surface area contributed by atoms with Crippen molar-refractivity contribution in [3.8, 4) is 5.75 Å². The number of aliphatic imine (C=N–C) groups is 1. The Balaban J connectivity index is 1.92. The third kappa shape index (κ3) is 3.30. The van der Waals surface area contributed by atoms with Crippen LogP contribution < -0.4 is 4.74 Å². The standard InChI is InChI=1S/C15H13N3O.2Pb/c1-19-14-6-5-12-9-18(11-17-15(12)8-14)10-13-4-2-3-7-16-13;;/h2-9H,10H2,1H3;;. The number of amidine groups is 1. The van der Waals surface area contributed by atoms with Gasteiger partial charge < -0.3 is 0 Å². The SMILES string of the molecule is COc1ccc2c(c1)N=[C]([Pb])N(Cc1ccccn1)[CH]2[Pb]. The van der Waals surface area contributed by atoms with Crippen LogP contribution in [0.1, 0.15) is 14.9 Å². The van der Waals surface area contributed by atoms with Crippen molar-refractivity contribution < 1.29 is 4.74 Å². The van der Waals surface area contributed by atoms with Crippen molar-refractivity contribution in [1.29, 1.82) is 0 Å². The second kappa shape index (κ2) is 6.72. The van der Waals surface area contributed by atoms with E-state index < -0.39 is 0 Å². The first-order valence-corrected chi connectivity index (χ1v) is 10.7. The van der Waals surface area contributed by atoms with Crippen LogP contribution in [-0.4, -0.2) is 71.9 Å². The van der Waals surface area contributed by atoms with E-state index in [-0.39, 0.29) is 0 Å². The molecule has 1 aromatic carbocycles. The van der Waals surface area contributed by atoms with Crippen LogP contribution >= 0.6 is 0 Å². The van der Waals surface area contributed by atoms with Crippen LogP contribution in [0.2, 0.25) is 0 Å². The molecule has 1 aromatic heterocycles. The van der Waals surface area contributed by atoms with E-state index >= 15 is 0 Å². The van der Waals surface area contributed by atoms with Crippen molar-refractivity contribution in [2.24, 2.45) is 4.99 Å². The summed E-state index contributed by atoms with van der Waals surface area (Å²) in [5, 5.41) is 0. The zero-order valence-corrected chi connectivity index (χ0v) is 19.4. The van der Waals surface area contributed by atoms with Crippen LogP contribution in [0, 0.1) is 0 Å². The molecular weight excluding hydrogens is 653 g/mol. The third-order valence-corrected chi connectivity index (χ3v) is 7.37. The number of aromatic nitrogens is 1. The van der Waals surface area contributed by atoms with Crippen LogP contribution in [0.5, 0.6) is 5.75 Å². The van der Waals surface area contributed by atoms with Crippen molar-refractivity contribution in [3.63, 3.8) is 0 Å². The Bertz CT molecular complexity index is 676. The van der Waals surface area contributed by atoms with Gasteiger partial charge in [-0.3, -0.25) is 0 Å². The Labute approximate surface area is 156 Å². The van der Waals surface area contributed by atoms with Crippen molar-refractivity contribution in [2.45, 2.75) is 10.1 Å². The molecule has 3 rings (SSSR count). The van der Waals surface area contributed by atoms with E-state index in [1.807, 2.05) is 30.5 Å². The number of methoxy groups -OCH3 is 1. The molecule has 0 spiro atoms. The average Bonchev–Trinajstić information content (AvgIpc) is 2.52. The van der Waals surface area contributed by atoms with E-state index in [1.54, 1.807) is 7.11 Å². The molecule has 4 nitrogen and oxygen atoms in total. The van der Waals surface area contributed by atoms with Crippen molar-refractivity contribution in [1.82, 2.24) is 9.88 Å². The van der Waals surface area contributed by atoms with E-state index in [4.69, 9.17) is 9.73 Å². The molecular formula is C15H13N3OPb2. The molecule has 102 valence electrons. The quantitative estimate of drug-likeness (QED) is 0.471. The number of nitrogens with zero attached hydrogens (tertiary/aromatic N) is 3. The molecule has 1 atom stereocenters. The van der Waals surface area contributed by atoms with Gasteiger partial charge in [0.05, 0.1) is 0 Å². The molecule has 1 unspecified atom stereocenters. The molecule has 0 saturated carbocycles. The number of fused-ring (bicyclic) bond motifs is 1. The number of ether oxygens (including phenoxy) is 1. The van der Waals surface area contributed by atoms with Gasteiger partial charge in [-0.25, -0.2) is 0 Å². The van der Waals surface area contributed by atoms with Crippen LogP contribution in [0.3, 0.4) is 0 Å². The van der Waals surface area contributed by atoms with Gasteiger partial charge in [0.1, 0.15) is 0 Å². The summed E-state index contributed by atoms with van der Waals surface area (Å²) in [6.07, 6.45) is 1.85. The van der Waals surface area contributed by atoms with Gasteiger partial charge in [0, 0.05) is 0 Å². The summed E-state index contributed by atoms with van der Waals surface area (Å²) in [6.45, 7) is 0.836. The van der Waals surface area contributed by atoms with Crippen molar-refractivity contribution in [2.75, 3.05) is 7.11 Å². The van der Waals surface area contributed by atoms with E-state index in [2.05, 4.69) is 22.0 Å². The molecule has 0 amide bonds.